The Bertz CT molecular complexity index is 1030. The second kappa shape index (κ2) is 8.78. The molecule has 30 heavy (non-hydrogen) atoms. The van der Waals surface area contributed by atoms with Crippen molar-refractivity contribution in [1.29, 1.82) is 0 Å². The van der Waals surface area contributed by atoms with Crippen LogP contribution in [0.1, 0.15) is 48.0 Å². The van der Waals surface area contributed by atoms with Crippen LogP contribution in [0.15, 0.2) is 47.4 Å². The number of methoxy groups -OCH3 is 1. The molecule has 0 saturated carbocycles. The number of benzene rings is 2. The standard InChI is InChI=1S/C23H28N2O4S/c1-29-21-13-12-19(17-22(21)30(27,28)24-14-6-2-3-7-15-24)23(26)25-16-8-10-18-9-4-5-11-20(18)25/h4-5,9,11-13,17H,2-3,6-8,10,14-16H2,1H3. The summed E-state index contributed by atoms with van der Waals surface area (Å²) >= 11 is 0. The predicted molar refractivity (Wildman–Crippen MR) is 117 cm³/mol. The number of amides is 1. The van der Waals surface area contributed by atoms with E-state index >= 15 is 0 Å². The molecule has 2 aromatic rings. The van der Waals surface area contributed by atoms with E-state index in [1.807, 2.05) is 24.3 Å². The van der Waals surface area contributed by atoms with Gasteiger partial charge in [-0.2, -0.15) is 4.31 Å². The molecule has 2 aliphatic heterocycles. The highest BCUT2D eigenvalue weighted by molar-refractivity contribution is 7.89. The third kappa shape index (κ3) is 3.96. The summed E-state index contributed by atoms with van der Waals surface area (Å²) in [6.45, 7) is 1.63. The van der Waals surface area contributed by atoms with E-state index in [9.17, 15) is 13.2 Å². The molecule has 160 valence electrons. The van der Waals surface area contributed by atoms with Crippen molar-refractivity contribution in [3.05, 3.63) is 53.6 Å². The van der Waals surface area contributed by atoms with Crippen LogP contribution in [0.3, 0.4) is 0 Å². The highest BCUT2D eigenvalue weighted by Crippen LogP contribution is 2.32. The minimum Gasteiger partial charge on any atom is -0.495 e. The van der Waals surface area contributed by atoms with Crippen LogP contribution in [0.2, 0.25) is 0 Å². The van der Waals surface area contributed by atoms with E-state index in [1.165, 1.54) is 17.5 Å². The largest absolute Gasteiger partial charge is 0.495 e. The lowest BCUT2D eigenvalue weighted by molar-refractivity contribution is 0.0985. The molecule has 7 heteroatoms. The molecule has 0 radical (unpaired) electrons. The molecular weight excluding hydrogens is 400 g/mol. The van der Waals surface area contributed by atoms with E-state index in [0.29, 0.717) is 25.2 Å². The summed E-state index contributed by atoms with van der Waals surface area (Å²) in [6, 6.07) is 12.6. The fourth-order valence-corrected chi connectivity index (χ4v) is 6.03. The topological polar surface area (TPSA) is 66.9 Å². The first kappa shape index (κ1) is 20.9. The van der Waals surface area contributed by atoms with Crippen LogP contribution < -0.4 is 9.64 Å². The Labute approximate surface area is 178 Å². The fraction of sp³-hybridized carbons (Fsp3) is 0.435. The van der Waals surface area contributed by atoms with E-state index in [1.54, 1.807) is 17.0 Å². The third-order valence-corrected chi connectivity index (χ3v) is 7.87. The van der Waals surface area contributed by atoms with Gasteiger partial charge >= 0.3 is 0 Å². The lowest BCUT2D eigenvalue weighted by Gasteiger charge is -2.30. The summed E-state index contributed by atoms with van der Waals surface area (Å²) in [5.41, 5.74) is 2.41. The van der Waals surface area contributed by atoms with Crippen LogP contribution in [0, 0.1) is 0 Å². The molecule has 0 atom stereocenters. The number of carbonyl (C=O) groups is 1. The number of sulfonamides is 1. The SMILES string of the molecule is COc1ccc(C(=O)N2CCCc3ccccc32)cc1S(=O)(=O)N1CCCCCC1. The summed E-state index contributed by atoms with van der Waals surface area (Å²) in [4.78, 5) is 15.2. The fourth-order valence-electron chi connectivity index (χ4n) is 4.33. The summed E-state index contributed by atoms with van der Waals surface area (Å²) in [5.74, 6) is 0.0898. The van der Waals surface area contributed by atoms with Gasteiger partial charge in [0.25, 0.3) is 5.91 Å². The zero-order chi connectivity index (χ0) is 21.1. The normalized spacial score (nSPS) is 17.8. The van der Waals surface area contributed by atoms with Gasteiger partial charge in [-0.25, -0.2) is 8.42 Å². The van der Waals surface area contributed by atoms with Crippen molar-refractivity contribution in [3.63, 3.8) is 0 Å². The average molecular weight is 429 g/mol. The van der Waals surface area contributed by atoms with Crippen LogP contribution in [0.5, 0.6) is 5.75 Å². The molecule has 6 nitrogen and oxygen atoms in total. The van der Waals surface area contributed by atoms with Crippen molar-refractivity contribution in [3.8, 4) is 5.75 Å². The van der Waals surface area contributed by atoms with E-state index < -0.39 is 10.0 Å². The summed E-state index contributed by atoms with van der Waals surface area (Å²) < 4.78 is 33.7. The molecule has 0 spiro atoms. The molecule has 1 amide bonds. The first-order valence-corrected chi connectivity index (χ1v) is 12.0. The predicted octanol–water partition coefficient (Wildman–Crippen LogP) is 3.85. The Kier molecular flexibility index (Phi) is 6.11. The number of fused-ring (bicyclic) bond motifs is 1. The van der Waals surface area contributed by atoms with E-state index in [-0.39, 0.29) is 16.6 Å². The summed E-state index contributed by atoms with van der Waals surface area (Å²) in [5, 5.41) is 0. The second-order valence-corrected chi connectivity index (χ2v) is 9.78. The van der Waals surface area contributed by atoms with Crippen LogP contribution in [-0.2, 0) is 16.4 Å². The number of carbonyl (C=O) groups excluding carboxylic acids is 1. The van der Waals surface area contributed by atoms with Crippen molar-refractivity contribution < 1.29 is 17.9 Å². The molecule has 0 N–H and O–H groups in total. The first-order chi connectivity index (χ1) is 14.5. The number of rotatable bonds is 4. The molecule has 1 fully saturated rings. The second-order valence-electron chi connectivity index (χ2n) is 7.87. The van der Waals surface area contributed by atoms with Gasteiger partial charge < -0.3 is 9.64 Å². The third-order valence-electron chi connectivity index (χ3n) is 5.95. The quantitative estimate of drug-likeness (QED) is 0.742. The van der Waals surface area contributed by atoms with E-state index in [2.05, 4.69) is 0 Å². The number of para-hydroxylation sites is 1. The maximum atomic E-state index is 13.4. The number of aryl methyl sites for hydroxylation is 1. The van der Waals surface area contributed by atoms with Crippen LogP contribution >= 0.6 is 0 Å². The average Bonchev–Trinajstić information content (AvgIpc) is 3.08. The molecule has 4 rings (SSSR count). The van der Waals surface area contributed by atoms with Gasteiger partial charge in [-0.15, -0.1) is 0 Å². The van der Waals surface area contributed by atoms with Crippen molar-refractivity contribution in [1.82, 2.24) is 4.31 Å². The number of nitrogens with zero attached hydrogens (tertiary/aromatic N) is 2. The minimum atomic E-state index is -3.74. The Morgan fingerprint density at radius 3 is 2.40 bits per heavy atom. The highest BCUT2D eigenvalue weighted by atomic mass is 32.2. The van der Waals surface area contributed by atoms with Crippen LogP contribution in [0.4, 0.5) is 5.69 Å². The Morgan fingerprint density at radius 1 is 0.933 bits per heavy atom. The Morgan fingerprint density at radius 2 is 1.67 bits per heavy atom. The lowest BCUT2D eigenvalue weighted by Crippen LogP contribution is -2.36. The van der Waals surface area contributed by atoms with Gasteiger partial charge in [-0.3, -0.25) is 4.79 Å². The molecule has 2 aliphatic rings. The van der Waals surface area contributed by atoms with Gasteiger partial charge in [0.2, 0.25) is 10.0 Å². The Balaban J connectivity index is 1.70. The van der Waals surface area contributed by atoms with Crippen LogP contribution in [-0.4, -0.2) is 45.4 Å². The van der Waals surface area contributed by atoms with Crippen molar-refractivity contribution in [2.75, 3.05) is 31.6 Å². The van der Waals surface area contributed by atoms with Gasteiger partial charge in [0, 0.05) is 30.9 Å². The number of anilines is 1. The van der Waals surface area contributed by atoms with Crippen molar-refractivity contribution >= 4 is 21.6 Å². The summed E-state index contributed by atoms with van der Waals surface area (Å²) in [6.07, 6.45) is 5.61. The number of ether oxygens (including phenoxy) is 1. The van der Waals surface area contributed by atoms with Crippen molar-refractivity contribution in [2.24, 2.45) is 0 Å². The first-order valence-electron chi connectivity index (χ1n) is 10.6. The monoisotopic (exact) mass is 428 g/mol. The minimum absolute atomic E-state index is 0.0723. The zero-order valence-electron chi connectivity index (χ0n) is 17.3. The maximum Gasteiger partial charge on any atom is 0.258 e. The van der Waals surface area contributed by atoms with Gasteiger partial charge in [0.1, 0.15) is 10.6 Å². The van der Waals surface area contributed by atoms with E-state index in [4.69, 9.17) is 4.74 Å². The molecule has 1 saturated heterocycles. The van der Waals surface area contributed by atoms with Gasteiger partial charge in [0.15, 0.2) is 0 Å². The van der Waals surface area contributed by atoms with Crippen molar-refractivity contribution in [2.45, 2.75) is 43.4 Å². The summed E-state index contributed by atoms with van der Waals surface area (Å²) in [7, 11) is -2.28. The lowest BCUT2D eigenvalue weighted by atomic mass is 10.0. The molecule has 0 unspecified atom stereocenters. The van der Waals surface area contributed by atoms with Gasteiger partial charge in [0.05, 0.1) is 7.11 Å². The van der Waals surface area contributed by atoms with Crippen LogP contribution in [0.25, 0.3) is 0 Å². The number of hydrogen-bond acceptors (Lipinski definition) is 4. The zero-order valence-corrected chi connectivity index (χ0v) is 18.2. The number of hydrogen-bond donors (Lipinski definition) is 0. The molecule has 2 aromatic carbocycles. The molecule has 2 heterocycles. The molecular formula is C23H28N2O4S. The maximum absolute atomic E-state index is 13.4. The van der Waals surface area contributed by atoms with E-state index in [0.717, 1.165) is 49.8 Å². The van der Waals surface area contributed by atoms with Gasteiger partial charge in [-0.1, -0.05) is 31.0 Å². The molecule has 0 aliphatic carbocycles. The highest BCUT2D eigenvalue weighted by Gasteiger charge is 2.30. The van der Waals surface area contributed by atoms with Gasteiger partial charge in [-0.05, 0) is 55.5 Å². The smallest absolute Gasteiger partial charge is 0.258 e. The molecule has 0 bridgehead atoms. The molecule has 0 aromatic heterocycles. The Hall–Kier alpha value is -2.38.